The van der Waals surface area contributed by atoms with Crippen LogP contribution in [-0.2, 0) is 13.6 Å². The fraction of sp³-hybridized carbons (Fsp3) is 0.158. The molecular weight excluding hydrogens is 318 g/mol. The fourth-order valence-electron chi connectivity index (χ4n) is 2.94. The number of benzene rings is 2. The van der Waals surface area contributed by atoms with Gasteiger partial charge >= 0.3 is 5.95 Å². The Kier molecular flexibility index (Phi) is 3.65. The van der Waals surface area contributed by atoms with E-state index < -0.39 is 0 Å². The topological polar surface area (TPSA) is 70.4 Å². The number of fused-ring (bicyclic) bond motifs is 1. The number of Topliss-reactive ketones (excluding diaryl/α,β-unsaturated/α-hetero) is 1. The summed E-state index contributed by atoms with van der Waals surface area (Å²) >= 11 is 0. The van der Waals surface area contributed by atoms with Crippen molar-refractivity contribution in [1.82, 2.24) is 4.57 Å². The van der Waals surface area contributed by atoms with Gasteiger partial charge in [0, 0.05) is 11.1 Å². The molecule has 6 nitrogen and oxygen atoms in total. The first-order valence-electron chi connectivity index (χ1n) is 7.96. The second-order valence-corrected chi connectivity index (χ2v) is 5.92. The van der Waals surface area contributed by atoms with Crippen LogP contribution in [0.25, 0.3) is 11.3 Å². The summed E-state index contributed by atoms with van der Waals surface area (Å²) in [7, 11) is 1.87. The third-order valence-corrected chi connectivity index (χ3v) is 4.36. The van der Waals surface area contributed by atoms with E-state index in [4.69, 9.17) is 15.2 Å². The first kappa shape index (κ1) is 15.3. The lowest BCUT2D eigenvalue weighted by atomic mass is 10.1. The molecule has 25 heavy (non-hydrogen) atoms. The quantitative estimate of drug-likeness (QED) is 0.585. The molecule has 0 radical (unpaired) electrons. The molecule has 2 heterocycles. The van der Waals surface area contributed by atoms with E-state index in [1.54, 1.807) is 16.7 Å². The summed E-state index contributed by atoms with van der Waals surface area (Å²) in [5.41, 5.74) is 8.72. The predicted octanol–water partition coefficient (Wildman–Crippen LogP) is 2.17. The largest absolute Gasteiger partial charge is 0.454 e. The molecule has 1 aliphatic heterocycles. The van der Waals surface area contributed by atoms with Gasteiger partial charge in [-0.05, 0) is 18.2 Å². The minimum atomic E-state index is 0.0140. The molecule has 6 heteroatoms. The minimum Gasteiger partial charge on any atom is -0.454 e. The predicted molar refractivity (Wildman–Crippen MR) is 92.4 cm³/mol. The number of imidazole rings is 1. The summed E-state index contributed by atoms with van der Waals surface area (Å²) in [5.74, 6) is 1.97. The maximum Gasteiger partial charge on any atom is 0.355 e. The number of hydrogen-bond donors (Lipinski definition) is 1. The highest BCUT2D eigenvalue weighted by Crippen LogP contribution is 2.35. The van der Waals surface area contributed by atoms with Crippen LogP contribution in [-0.4, -0.2) is 17.1 Å². The zero-order valence-corrected chi connectivity index (χ0v) is 13.8. The van der Waals surface area contributed by atoms with Crippen molar-refractivity contribution in [2.45, 2.75) is 6.54 Å². The number of ketones is 1. The number of carbonyl (C=O) groups excluding carboxylic acids is 1. The Labute approximate surface area is 145 Å². The number of nitrogens with two attached hydrogens (primary N) is 1. The van der Waals surface area contributed by atoms with Gasteiger partial charge in [0.05, 0.1) is 7.05 Å². The van der Waals surface area contributed by atoms with Crippen molar-refractivity contribution in [2.24, 2.45) is 7.05 Å². The van der Waals surface area contributed by atoms with E-state index in [0.29, 0.717) is 17.3 Å². The van der Waals surface area contributed by atoms with Gasteiger partial charge < -0.3 is 9.47 Å². The van der Waals surface area contributed by atoms with Crippen molar-refractivity contribution in [3.63, 3.8) is 0 Å². The molecule has 0 fully saturated rings. The molecule has 126 valence electrons. The van der Waals surface area contributed by atoms with Crippen LogP contribution >= 0.6 is 0 Å². The van der Waals surface area contributed by atoms with E-state index in [1.165, 1.54) is 0 Å². The highest BCUT2D eigenvalue weighted by molar-refractivity contribution is 5.95. The van der Waals surface area contributed by atoms with Crippen LogP contribution < -0.4 is 19.8 Å². The van der Waals surface area contributed by atoms with Crippen LogP contribution in [0.2, 0.25) is 0 Å². The maximum absolute atomic E-state index is 12.5. The Hall–Kier alpha value is -3.28. The average molecular weight is 336 g/mol. The van der Waals surface area contributed by atoms with Crippen LogP contribution in [0.3, 0.4) is 0 Å². The Morgan fingerprint density at radius 3 is 2.72 bits per heavy atom. The van der Waals surface area contributed by atoms with Gasteiger partial charge in [-0.15, -0.1) is 0 Å². The van der Waals surface area contributed by atoms with Gasteiger partial charge in [-0.1, -0.05) is 30.3 Å². The molecule has 1 aliphatic rings. The Morgan fingerprint density at radius 1 is 1.16 bits per heavy atom. The molecule has 3 aromatic rings. The van der Waals surface area contributed by atoms with Crippen LogP contribution in [0, 0.1) is 0 Å². The Morgan fingerprint density at radius 2 is 1.92 bits per heavy atom. The third kappa shape index (κ3) is 2.71. The van der Waals surface area contributed by atoms with Crippen LogP contribution in [0.5, 0.6) is 11.5 Å². The molecule has 0 saturated carbocycles. The Balaban J connectivity index is 1.65. The van der Waals surface area contributed by atoms with Gasteiger partial charge in [0.15, 0.2) is 17.3 Å². The second-order valence-electron chi connectivity index (χ2n) is 5.92. The number of ether oxygens (including phenoxy) is 2. The van der Waals surface area contributed by atoms with Gasteiger partial charge in [-0.3, -0.25) is 10.5 Å². The van der Waals surface area contributed by atoms with Gasteiger partial charge in [0.1, 0.15) is 18.4 Å². The molecule has 0 bridgehead atoms. The molecule has 1 aromatic heterocycles. The van der Waals surface area contributed by atoms with Gasteiger partial charge in [0.2, 0.25) is 6.79 Å². The lowest BCUT2D eigenvalue weighted by molar-refractivity contribution is -0.667. The number of hydrogen-bond acceptors (Lipinski definition) is 4. The summed E-state index contributed by atoms with van der Waals surface area (Å²) in [6.45, 7) is 0.424. The van der Waals surface area contributed by atoms with Crippen molar-refractivity contribution >= 4 is 11.7 Å². The SMILES string of the molecule is Cn1c(-c2ccc3c(c2)OCO3)c[n+](CC(=O)c2ccccc2)c1N. The molecule has 0 atom stereocenters. The lowest BCUT2D eigenvalue weighted by Crippen LogP contribution is -2.39. The molecule has 0 saturated heterocycles. The second kappa shape index (κ2) is 5.98. The van der Waals surface area contributed by atoms with Crippen LogP contribution in [0.15, 0.2) is 54.7 Å². The molecule has 2 aromatic carbocycles. The maximum atomic E-state index is 12.5. The minimum absolute atomic E-state index is 0.0140. The molecule has 0 spiro atoms. The number of nitrogens with zero attached hydrogens (tertiary/aromatic N) is 2. The average Bonchev–Trinajstić information content (AvgIpc) is 3.21. The number of nitrogen functional groups attached to an aromatic ring is 1. The zero-order valence-electron chi connectivity index (χ0n) is 13.8. The summed E-state index contributed by atoms with van der Waals surface area (Å²) < 4.78 is 14.4. The van der Waals surface area contributed by atoms with Gasteiger partial charge in [-0.2, -0.15) is 0 Å². The Bertz CT molecular complexity index is 948. The van der Waals surface area contributed by atoms with Gasteiger partial charge in [0.25, 0.3) is 0 Å². The van der Waals surface area contributed by atoms with Crippen molar-refractivity contribution in [2.75, 3.05) is 12.5 Å². The lowest BCUT2D eigenvalue weighted by Gasteiger charge is -2.01. The van der Waals surface area contributed by atoms with E-state index in [1.807, 2.05) is 54.2 Å². The summed E-state index contributed by atoms with van der Waals surface area (Å²) in [6, 6.07) is 14.9. The molecular formula is C19H18N3O3+. The molecule has 4 rings (SSSR count). The summed E-state index contributed by atoms with van der Waals surface area (Å²) in [6.07, 6.45) is 1.88. The fourth-order valence-corrected chi connectivity index (χ4v) is 2.94. The highest BCUT2D eigenvalue weighted by Gasteiger charge is 2.22. The van der Waals surface area contributed by atoms with E-state index >= 15 is 0 Å². The van der Waals surface area contributed by atoms with Crippen molar-refractivity contribution in [3.05, 3.63) is 60.3 Å². The zero-order chi connectivity index (χ0) is 17.4. The van der Waals surface area contributed by atoms with E-state index in [2.05, 4.69) is 0 Å². The van der Waals surface area contributed by atoms with Crippen LogP contribution in [0.4, 0.5) is 5.95 Å². The van der Waals surface area contributed by atoms with Crippen LogP contribution in [0.1, 0.15) is 10.4 Å². The first-order valence-corrected chi connectivity index (χ1v) is 7.96. The number of aromatic nitrogens is 2. The number of rotatable bonds is 4. The summed E-state index contributed by atoms with van der Waals surface area (Å²) in [4.78, 5) is 12.5. The van der Waals surface area contributed by atoms with Crippen molar-refractivity contribution in [3.8, 4) is 22.8 Å². The molecule has 0 aliphatic carbocycles. The number of carbonyl (C=O) groups is 1. The van der Waals surface area contributed by atoms with E-state index in [-0.39, 0.29) is 19.1 Å². The first-order chi connectivity index (χ1) is 12.1. The highest BCUT2D eigenvalue weighted by atomic mass is 16.7. The molecule has 2 N–H and O–H groups in total. The third-order valence-electron chi connectivity index (χ3n) is 4.36. The van der Waals surface area contributed by atoms with Crippen molar-refractivity contribution in [1.29, 1.82) is 0 Å². The van der Waals surface area contributed by atoms with E-state index in [0.717, 1.165) is 17.0 Å². The monoisotopic (exact) mass is 336 g/mol. The molecule has 0 unspecified atom stereocenters. The number of anilines is 1. The van der Waals surface area contributed by atoms with Crippen molar-refractivity contribution < 1.29 is 18.8 Å². The summed E-state index contributed by atoms with van der Waals surface area (Å²) in [5, 5.41) is 0. The molecule has 0 amide bonds. The van der Waals surface area contributed by atoms with Gasteiger partial charge in [-0.25, -0.2) is 9.13 Å². The van der Waals surface area contributed by atoms with E-state index in [9.17, 15) is 4.79 Å². The normalized spacial score (nSPS) is 12.4. The standard InChI is InChI=1S/C19H17N3O3/c1-21-15(14-7-8-17-18(9-14)25-12-24-17)10-22(19(21)20)11-16(23)13-5-3-2-4-6-13/h2-10,20H,11-12H2,1H3/p+1. The smallest absolute Gasteiger partial charge is 0.355 e.